The standard InChI is InChI=1S/C14H14ClFN2O2S/c1-2-17-21(19,20)12-6-3-10(4-7-12)18-11-5-8-14(16)13(15)9-11/h3-9,17-18H,2H2,1H3. The first-order valence-corrected chi connectivity index (χ1v) is 8.10. The summed E-state index contributed by atoms with van der Waals surface area (Å²) in [4.78, 5) is 0.187. The molecule has 0 heterocycles. The lowest BCUT2D eigenvalue weighted by atomic mass is 10.2. The number of halogens is 2. The summed E-state index contributed by atoms with van der Waals surface area (Å²) in [6.07, 6.45) is 0. The topological polar surface area (TPSA) is 58.2 Å². The third-order valence-corrected chi connectivity index (χ3v) is 4.56. The van der Waals surface area contributed by atoms with Crippen LogP contribution in [0.2, 0.25) is 5.02 Å². The van der Waals surface area contributed by atoms with E-state index in [-0.39, 0.29) is 9.92 Å². The Labute approximate surface area is 128 Å². The van der Waals surface area contributed by atoms with Gasteiger partial charge in [0.2, 0.25) is 10.0 Å². The summed E-state index contributed by atoms with van der Waals surface area (Å²) in [5.74, 6) is -0.491. The van der Waals surface area contributed by atoms with Crippen LogP contribution in [-0.2, 0) is 10.0 Å². The van der Waals surface area contributed by atoms with E-state index in [1.165, 1.54) is 24.3 Å². The average Bonchev–Trinajstić information content (AvgIpc) is 2.43. The van der Waals surface area contributed by atoms with Gasteiger partial charge in [-0.05, 0) is 42.5 Å². The summed E-state index contributed by atoms with van der Waals surface area (Å²) in [5.41, 5.74) is 1.29. The van der Waals surface area contributed by atoms with Crippen molar-refractivity contribution in [2.75, 3.05) is 11.9 Å². The second-order valence-corrected chi connectivity index (χ2v) is 6.45. The summed E-state index contributed by atoms with van der Waals surface area (Å²) in [6.45, 7) is 2.04. The number of benzene rings is 2. The van der Waals surface area contributed by atoms with Gasteiger partial charge in [-0.25, -0.2) is 17.5 Å². The van der Waals surface area contributed by atoms with E-state index in [0.717, 1.165) is 0 Å². The molecule has 112 valence electrons. The van der Waals surface area contributed by atoms with Gasteiger partial charge < -0.3 is 5.32 Å². The van der Waals surface area contributed by atoms with Crippen molar-refractivity contribution in [3.8, 4) is 0 Å². The summed E-state index contributed by atoms with van der Waals surface area (Å²) in [6, 6.07) is 10.5. The molecule has 2 aromatic carbocycles. The van der Waals surface area contributed by atoms with Crippen LogP contribution in [0.4, 0.5) is 15.8 Å². The summed E-state index contributed by atoms with van der Waals surface area (Å²) in [7, 11) is -3.46. The summed E-state index contributed by atoms with van der Waals surface area (Å²) < 4.78 is 39.1. The lowest BCUT2D eigenvalue weighted by Gasteiger charge is -2.09. The Morgan fingerprint density at radius 2 is 1.71 bits per heavy atom. The number of hydrogen-bond donors (Lipinski definition) is 2. The SMILES string of the molecule is CCNS(=O)(=O)c1ccc(Nc2ccc(F)c(Cl)c2)cc1. The molecule has 2 rings (SSSR count). The van der Waals surface area contributed by atoms with Crippen LogP contribution in [0.3, 0.4) is 0 Å². The number of anilines is 2. The van der Waals surface area contributed by atoms with Crippen molar-refractivity contribution in [2.24, 2.45) is 0 Å². The molecule has 2 aromatic rings. The van der Waals surface area contributed by atoms with E-state index in [1.54, 1.807) is 25.1 Å². The zero-order chi connectivity index (χ0) is 15.5. The largest absolute Gasteiger partial charge is 0.355 e. The van der Waals surface area contributed by atoms with E-state index < -0.39 is 15.8 Å². The van der Waals surface area contributed by atoms with E-state index in [0.29, 0.717) is 17.9 Å². The minimum atomic E-state index is -3.46. The fourth-order valence-electron chi connectivity index (χ4n) is 1.73. The molecule has 21 heavy (non-hydrogen) atoms. The lowest BCUT2D eigenvalue weighted by molar-refractivity contribution is 0.584. The maximum absolute atomic E-state index is 13.1. The Hall–Kier alpha value is -1.63. The molecule has 0 fully saturated rings. The van der Waals surface area contributed by atoms with Crippen LogP contribution in [0, 0.1) is 5.82 Å². The first kappa shape index (κ1) is 15.8. The van der Waals surface area contributed by atoms with Gasteiger partial charge in [0.05, 0.1) is 9.92 Å². The number of hydrogen-bond acceptors (Lipinski definition) is 3. The highest BCUT2D eigenvalue weighted by Gasteiger charge is 2.11. The molecule has 0 aliphatic carbocycles. The maximum atomic E-state index is 13.1. The molecule has 0 amide bonds. The van der Waals surface area contributed by atoms with E-state index in [2.05, 4.69) is 10.0 Å². The minimum Gasteiger partial charge on any atom is -0.355 e. The van der Waals surface area contributed by atoms with Crippen molar-refractivity contribution in [1.82, 2.24) is 4.72 Å². The Morgan fingerprint density at radius 1 is 1.10 bits per heavy atom. The van der Waals surface area contributed by atoms with Crippen molar-refractivity contribution in [1.29, 1.82) is 0 Å². The van der Waals surface area contributed by atoms with E-state index in [1.807, 2.05) is 0 Å². The van der Waals surface area contributed by atoms with Gasteiger partial charge in [0.25, 0.3) is 0 Å². The predicted molar refractivity (Wildman–Crippen MR) is 82.0 cm³/mol. The van der Waals surface area contributed by atoms with Gasteiger partial charge >= 0.3 is 0 Å². The normalized spacial score (nSPS) is 11.4. The van der Waals surface area contributed by atoms with Crippen molar-refractivity contribution < 1.29 is 12.8 Å². The first-order chi connectivity index (χ1) is 9.92. The van der Waals surface area contributed by atoms with Crippen LogP contribution >= 0.6 is 11.6 Å². The zero-order valence-electron chi connectivity index (χ0n) is 11.2. The minimum absolute atomic E-state index is 0.0198. The Kier molecular flexibility index (Phi) is 4.82. The molecule has 0 aliphatic rings. The quantitative estimate of drug-likeness (QED) is 0.883. The van der Waals surface area contributed by atoms with Gasteiger partial charge in [0, 0.05) is 17.9 Å². The Balaban J connectivity index is 2.18. The summed E-state index contributed by atoms with van der Waals surface area (Å²) >= 11 is 5.70. The maximum Gasteiger partial charge on any atom is 0.240 e. The fourth-order valence-corrected chi connectivity index (χ4v) is 2.95. The number of rotatable bonds is 5. The lowest BCUT2D eigenvalue weighted by Crippen LogP contribution is -2.22. The van der Waals surface area contributed by atoms with Crippen LogP contribution in [-0.4, -0.2) is 15.0 Å². The number of sulfonamides is 1. The molecule has 0 atom stereocenters. The molecule has 2 N–H and O–H groups in total. The van der Waals surface area contributed by atoms with Crippen LogP contribution < -0.4 is 10.0 Å². The second-order valence-electron chi connectivity index (χ2n) is 4.28. The first-order valence-electron chi connectivity index (χ1n) is 6.24. The molecule has 0 spiro atoms. The monoisotopic (exact) mass is 328 g/mol. The predicted octanol–water partition coefficient (Wildman–Crippen LogP) is 3.52. The molecule has 0 aliphatic heterocycles. The Morgan fingerprint density at radius 3 is 2.29 bits per heavy atom. The Bertz CT molecular complexity index is 733. The number of nitrogens with one attached hydrogen (secondary N) is 2. The molecule has 0 unspecified atom stereocenters. The van der Waals surface area contributed by atoms with Crippen molar-refractivity contribution in [2.45, 2.75) is 11.8 Å². The van der Waals surface area contributed by atoms with E-state index in [9.17, 15) is 12.8 Å². The zero-order valence-corrected chi connectivity index (χ0v) is 12.8. The molecule has 4 nitrogen and oxygen atoms in total. The molecule has 0 aromatic heterocycles. The fraction of sp³-hybridized carbons (Fsp3) is 0.143. The van der Waals surface area contributed by atoms with Crippen LogP contribution in [0.25, 0.3) is 0 Å². The smallest absolute Gasteiger partial charge is 0.240 e. The van der Waals surface area contributed by atoms with Gasteiger partial charge in [-0.3, -0.25) is 0 Å². The molecule has 0 saturated heterocycles. The van der Waals surface area contributed by atoms with Gasteiger partial charge in [0.15, 0.2) is 0 Å². The van der Waals surface area contributed by atoms with Crippen molar-refractivity contribution in [3.63, 3.8) is 0 Å². The van der Waals surface area contributed by atoms with Gasteiger partial charge in [0.1, 0.15) is 5.82 Å². The van der Waals surface area contributed by atoms with Crippen molar-refractivity contribution >= 4 is 33.0 Å². The molecular weight excluding hydrogens is 315 g/mol. The van der Waals surface area contributed by atoms with Gasteiger partial charge in [-0.2, -0.15) is 0 Å². The highest BCUT2D eigenvalue weighted by atomic mass is 35.5. The molecule has 7 heteroatoms. The van der Waals surface area contributed by atoms with Gasteiger partial charge in [-0.15, -0.1) is 0 Å². The van der Waals surface area contributed by atoms with Crippen LogP contribution in [0.15, 0.2) is 47.4 Å². The third kappa shape index (κ3) is 3.93. The average molecular weight is 329 g/mol. The summed E-state index contributed by atoms with van der Waals surface area (Å²) in [5, 5.41) is 3.04. The molecule has 0 saturated carbocycles. The molecular formula is C14H14ClFN2O2S. The molecule has 0 radical (unpaired) electrons. The van der Waals surface area contributed by atoms with Gasteiger partial charge in [-0.1, -0.05) is 18.5 Å². The van der Waals surface area contributed by atoms with E-state index in [4.69, 9.17) is 11.6 Å². The van der Waals surface area contributed by atoms with Crippen LogP contribution in [0.5, 0.6) is 0 Å². The highest BCUT2D eigenvalue weighted by molar-refractivity contribution is 7.89. The van der Waals surface area contributed by atoms with Crippen LogP contribution in [0.1, 0.15) is 6.92 Å². The van der Waals surface area contributed by atoms with Crippen molar-refractivity contribution in [3.05, 3.63) is 53.3 Å². The molecule has 0 bridgehead atoms. The second kappa shape index (κ2) is 6.43. The highest BCUT2D eigenvalue weighted by Crippen LogP contribution is 2.23. The third-order valence-electron chi connectivity index (χ3n) is 2.71. The van der Waals surface area contributed by atoms with E-state index >= 15 is 0 Å².